The molecule has 0 saturated heterocycles. The van der Waals surface area contributed by atoms with Crippen molar-refractivity contribution in [3.8, 4) is 0 Å². The molecular weight excluding hydrogens is 136 g/mol. The molecule has 4 heavy (non-hydrogen) atoms. The van der Waals surface area contributed by atoms with Crippen LogP contribution in [0.5, 0.6) is 0 Å². The van der Waals surface area contributed by atoms with Crippen molar-refractivity contribution < 1.29 is 24.6 Å². The first-order valence-electron chi connectivity index (χ1n) is 0.908. The zero-order valence-corrected chi connectivity index (χ0v) is 4.32. The monoisotopic (exact) mass is 141 g/mol. The van der Waals surface area contributed by atoms with Crippen molar-refractivity contribution in [2.24, 2.45) is 0 Å². The van der Waals surface area contributed by atoms with E-state index in [1.54, 1.807) is 0 Å². The van der Waals surface area contributed by atoms with Crippen LogP contribution in [-0.2, 0) is 24.6 Å². The summed E-state index contributed by atoms with van der Waals surface area (Å²) in [6.45, 7) is 1.53. The van der Waals surface area contributed by atoms with E-state index in [9.17, 15) is 4.79 Å². The molecule has 0 fully saturated rings. The molecule has 0 saturated carbocycles. The first-order chi connectivity index (χ1) is 1.73. The second-order valence-corrected chi connectivity index (χ2v) is 1.90. The van der Waals surface area contributed by atoms with Crippen molar-refractivity contribution in [1.29, 1.82) is 0 Å². The first-order valence-corrected chi connectivity index (χ1v) is 1.91. The van der Waals surface area contributed by atoms with Crippen LogP contribution in [0.1, 0.15) is 6.92 Å². The SMILES string of the molecule is C[C](=O)[Mo]. The maximum atomic E-state index is 9.45. The molecule has 0 spiro atoms. The Morgan fingerprint density at radius 1 is 2.00 bits per heavy atom. The van der Waals surface area contributed by atoms with E-state index in [4.69, 9.17) is 0 Å². The summed E-state index contributed by atoms with van der Waals surface area (Å²) in [5.41, 5.74) is 0. The van der Waals surface area contributed by atoms with Crippen LogP contribution in [0.15, 0.2) is 0 Å². The summed E-state index contributed by atoms with van der Waals surface area (Å²) in [6, 6.07) is 0. The average Bonchev–Trinajstić information content (AvgIpc) is 0.811. The fraction of sp³-hybridized carbons (Fsp3) is 0.500. The quantitative estimate of drug-likeness (QED) is 0.434. The summed E-state index contributed by atoms with van der Waals surface area (Å²) < 4.78 is 0.177. The van der Waals surface area contributed by atoms with Crippen molar-refractivity contribution in [3.63, 3.8) is 0 Å². The van der Waals surface area contributed by atoms with Crippen molar-refractivity contribution in [2.45, 2.75) is 6.92 Å². The van der Waals surface area contributed by atoms with Gasteiger partial charge in [-0.2, -0.15) is 0 Å². The van der Waals surface area contributed by atoms with Gasteiger partial charge in [-0.25, -0.2) is 0 Å². The Morgan fingerprint density at radius 3 is 2.00 bits per heavy atom. The number of carbonyl (C=O) groups is 1. The average molecular weight is 139 g/mol. The molecule has 0 amide bonds. The van der Waals surface area contributed by atoms with Crippen LogP contribution in [0.3, 0.4) is 0 Å². The molecule has 2 heteroatoms. The molecule has 0 aromatic rings. The number of carbonyl (C=O) groups excluding carboxylic acids is 1. The summed E-state index contributed by atoms with van der Waals surface area (Å²) in [5.74, 6) is 0. The van der Waals surface area contributed by atoms with Gasteiger partial charge in [0.1, 0.15) is 0 Å². The van der Waals surface area contributed by atoms with E-state index in [0.717, 1.165) is 0 Å². The topological polar surface area (TPSA) is 17.1 Å². The van der Waals surface area contributed by atoms with Crippen LogP contribution < -0.4 is 0 Å². The summed E-state index contributed by atoms with van der Waals surface area (Å²) in [6.07, 6.45) is 0. The third-order valence-corrected chi connectivity index (χ3v) is 0. The summed E-state index contributed by atoms with van der Waals surface area (Å²) in [5, 5.41) is 0. The fourth-order valence-electron chi connectivity index (χ4n) is 0. The summed E-state index contributed by atoms with van der Waals surface area (Å²) in [4.78, 5) is 9.45. The van der Waals surface area contributed by atoms with Gasteiger partial charge in [0.15, 0.2) is 0 Å². The summed E-state index contributed by atoms with van der Waals surface area (Å²) in [7, 11) is 0. The fourth-order valence-corrected chi connectivity index (χ4v) is 0. The van der Waals surface area contributed by atoms with Crippen molar-refractivity contribution in [1.82, 2.24) is 0 Å². The molecule has 0 aromatic heterocycles. The van der Waals surface area contributed by atoms with Gasteiger partial charge in [-0.1, -0.05) is 0 Å². The molecule has 0 unspecified atom stereocenters. The van der Waals surface area contributed by atoms with Crippen LogP contribution >= 0.6 is 0 Å². The van der Waals surface area contributed by atoms with E-state index in [1.165, 1.54) is 26.7 Å². The molecule has 23 valence electrons. The number of hydrogen-bond acceptors (Lipinski definition) is 1. The molecule has 0 aliphatic carbocycles. The Morgan fingerprint density at radius 2 is 2.00 bits per heavy atom. The van der Waals surface area contributed by atoms with Crippen LogP contribution in [0.25, 0.3) is 0 Å². The van der Waals surface area contributed by atoms with Gasteiger partial charge >= 0.3 is 35.7 Å². The van der Waals surface area contributed by atoms with Gasteiger partial charge in [-0.05, 0) is 0 Å². The maximum absolute atomic E-state index is 9.45. The van der Waals surface area contributed by atoms with Crippen LogP contribution in [0, 0.1) is 0 Å². The molecule has 0 aromatic carbocycles. The zero-order valence-electron chi connectivity index (χ0n) is 2.32. The Labute approximate surface area is 36.3 Å². The Balaban J connectivity index is 2.80. The predicted molar refractivity (Wildman–Crippen MR) is 10.7 cm³/mol. The molecule has 0 aliphatic heterocycles. The zero-order chi connectivity index (χ0) is 3.58. The first kappa shape index (κ1) is 4.36. The minimum absolute atomic E-state index is 0.177. The molecule has 0 N–H and O–H groups in total. The van der Waals surface area contributed by atoms with Gasteiger partial charge in [0.05, 0.1) is 0 Å². The number of rotatable bonds is 0. The third-order valence-electron chi connectivity index (χ3n) is 0. The molecule has 0 aliphatic rings. The van der Waals surface area contributed by atoms with E-state index in [-0.39, 0.29) is 4.17 Å². The molecule has 1 nitrogen and oxygen atoms in total. The standard InChI is InChI=1S/C2H3O.Mo/c1-2-3;/h1H3;. The Kier molecular flexibility index (Phi) is 1.80. The third kappa shape index (κ3) is 33.9. The predicted octanol–water partition coefficient (Wildman–Crippen LogP) is 0.0797. The van der Waals surface area contributed by atoms with Gasteiger partial charge in [0, 0.05) is 0 Å². The van der Waals surface area contributed by atoms with Gasteiger partial charge < -0.3 is 0 Å². The van der Waals surface area contributed by atoms with Gasteiger partial charge in [0.2, 0.25) is 0 Å². The normalized spacial score (nSPS) is 6.25. The second kappa shape index (κ2) is 1.66. The summed E-state index contributed by atoms with van der Waals surface area (Å²) >= 11 is 1.47. The van der Waals surface area contributed by atoms with Crippen LogP contribution in [0.2, 0.25) is 0 Å². The molecule has 0 bridgehead atoms. The van der Waals surface area contributed by atoms with Crippen molar-refractivity contribution in [2.75, 3.05) is 0 Å². The second-order valence-electron chi connectivity index (χ2n) is 0.492. The molecular formula is C2H3MoO. The van der Waals surface area contributed by atoms with E-state index in [2.05, 4.69) is 0 Å². The molecule has 0 atom stereocenters. The van der Waals surface area contributed by atoms with Crippen LogP contribution in [-0.4, -0.2) is 4.17 Å². The van der Waals surface area contributed by atoms with E-state index < -0.39 is 0 Å². The van der Waals surface area contributed by atoms with Gasteiger partial charge in [-0.3, -0.25) is 0 Å². The molecule has 0 radical (unpaired) electrons. The van der Waals surface area contributed by atoms with Crippen LogP contribution in [0.4, 0.5) is 0 Å². The Hall–Kier alpha value is 0.358. The Bertz CT molecular complexity index is 29.0. The molecule has 0 heterocycles. The number of hydrogen-bond donors (Lipinski definition) is 0. The van der Waals surface area contributed by atoms with E-state index >= 15 is 0 Å². The van der Waals surface area contributed by atoms with Gasteiger partial charge in [0.25, 0.3) is 0 Å². The minimum atomic E-state index is 0.177. The van der Waals surface area contributed by atoms with Crippen molar-refractivity contribution >= 4 is 4.17 Å². The van der Waals surface area contributed by atoms with E-state index in [0.29, 0.717) is 0 Å². The van der Waals surface area contributed by atoms with Crippen molar-refractivity contribution in [3.05, 3.63) is 0 Å². The van der Waals surface area contributed by atoms with E-state index in [1.807, 2.05) is 0 Å². The molecule has 0 rings (SSSR count). The van der Waals surface area contributed by atoms with Gasteiger partial charge in [-0.15, -0.1) is 0 Å².